The number of carbonyl (C=O) groups is 1. The number of para-hydroxylation sites is 1. The molecule has 4 heteroatoms. The Morgan fingerprint density at radius 3 is 2.67 bits per heavy atom. The van der Waals surface area contributed by atoms with Crippen LogP contribution in [0.5, 0.6) is 5.75 Å². The van der Waals surface area contributed by atoms with E-state index in [2.05, 4.69) is 5.32 Å². The number of amides is 1. The van der Waals surface area contributed by atoms with Crippen LogP contribution in [0.4, 0.5) is 4.39 Å². The Hall–Kier alpha value is -1.58. The number of nitrogens with one attached hydrogen (secondary N) is 1. The molecular weight excluding hydrogens is 233 g/mol. The van der Waals surface area contributed by atoms with Gasteiger partial charge in [0.25, 0.3) is 0 Å². The standard InChI is InChI=1S/C14H20FNO2/c1-4-14(2,3)16-13(17)9-10-18-12-8-6-5-7-11(12)15/h5-8H,4,9-10H2,1-3H3,(H,16,17). The molecule has 1 amide bonds. The Labute approximate surface area is 107 Å². The third kappa shape index (κ3) is 4.73. The fraction of sp³-hybridized carbons (Fsp3) is 0.500. The minimum absolute atomic E-state index is 0.0850. The maximum atomic E-state index is 13.2. The normalized spacial score (nSPS) is 11.1. The highest BCUT2D eigenvalue weighted by atomic mass is 19.1. The summed E-state index contributed by atoms with van der Waals surface area (Å²) < 4.78 is 18.4. The van der Waals surface area contributed by atoms with Gasteiger partial charge in [0.2, 0.25) is 5.91 Å². The summed E-state index contributed by atoms with van der Waals surface area (Å²) in [5.74, 6) is -0.315. The van der Waals surface area contributed by atoms with Gasteiger partial charge in [-0.15, -0.1) is 0 Å². The third-order valence-corrected chi connectivity index (χ3v) is 2.79. The molecule has 0 aliphatic rings. The zero-order valence-electron chi connectivity index (χ0n) is 11.1. The van der Waals surface area contributed by atoms with Gasteiger partial charge in [-0.2, -0.15) is 0 Å². The summed E-state index contributed by atoms with van der Waals surface area (Å²) in [5, 5.41) is 2.89. The first kappa shape index (κ1) is 14.5. The molecule has 0 aliphatic heterocycles. The summed E-state index contributed by atoms with van der Waals surface area (Å²) in [4.78, 5) is 11.6. The first-order valence-corrected chi connectivity index (χ1v) is 6.13. The van der Waals surface area contributed by atoms with E-state index in [-0.39, 0.29) is 30.2 Å². The lowest BCUT2D eigenvalue weighted by molar-refractivity contribution is -0.123. The highest BCUT2D eigenvalue weighted by Gasteiger charge is 2.17. The largest absolute Gasteiger partial charge is 0.490 e. The second kappa shape index (κ2) is 6.38. The minimum atomic E-state index is -0.410. The van der Waals surface area contributed by atoms with E-state index in [1.807, 2.05) is 20.8 Å². The summed E-state index contributed by atoms with van der Waals surface area (Å²) in [5.41, 5.74) is -0.213. The molecule has 0 spiro atoms. The van der Waals surface area contributed by atoms with Crippen molar-refractivity contribution in [1.82, 2.24) is 5.32 Å². The molecular formula is C14H20FNO2. The fourth-order valence-corrected chi connectivity index (χ4v) is 1.34. The first-order valence-electron chi connectivity index (χ1n) is 6.13. The van der Waals surface area contributed by atoms with Gasteiger partial charge in [-0.1, -0.05) is 19.1 Å². The number of rotatable bonds is 6. The van der Waals surface area contributed by atoms with E-state index in [4.69, 9.17) is 4.74 Å². The number of ether oxygens (including phenoxy) is 1. The molecule has 100 valence electrons. The zero-order chi connectivity index (χ0) is 13.6. The van der Waals surface area contributed by atoms with E-state index >= 15 is 0 Å². The van der Waals surface area contributed by atoms with Crippen molar-refractivity contribution in [2.75, 3.05) is 6.61 Å². The van der Waals surface area contributed by atoms with Crippen molar-refractivity contribution >= 4 is 5.91 Å². The summed E-state index contributed by atoms with van der Waals surface area (Å²) in [6, 6.07) is 6.16. The molecule has 1 N–H and O–H groups in total. The SMILES string of the molecule is CCC(C)(C)NC(=O)CCOc1ccccc1F. The minimum Gasteiger partial charge on any atom is -0.490 e. The van der Waals surface area contributed by atoms with Crippen molar-refractivity contribution in [2.45, 2.75) is 39.2 Å². The van der Waals surface area contributed by atoms with Crippen LogP contribution in [0.1, 0.15) is 33.6 Å². The fourth-order valence-electron chi connectivity index (χ4n) is 1.34. The summed E-state index contributed by atoms with van der Waals surface area (Å²) in [6.07, 6.45) is 1.07. The van der Waals surface area contributed by atoms with Crippen molar-refractivity contribution in [1.29, 1.82) is 0 Å². The van der Waals surface area contributed by atoms with Crippen LogP contribution in [0.3, 0.4) is 0 Å². The average molecular weight is 253 g/mol. The van der Waals surface area contributed by atoms with E-state index in [9.17, 15) is 9.18 Å². The molecule has 3 nitrogen and oxygen atoms in total. The second-order valence-electron chi connectivity index (χ2n) is 4.81. The molecule has 0 radical (unpaired) electrons. The number of benzene rings is 1. The van der Waals surface area contributed by atoms with Gasteiger partial charge in [-0.25, -0.2) is 4.39 Å². The lowest BCUT2D eigenvalue weighted by Gasteiger charge is -2.24. The van der Waals surface area contributed by atoms with Crippen LogP contribution in [0.15, 0.2) is 24.3 Å². The number of halogens is 1. The zero-order valence-corrected chi connectivity index (χ0v) is 11.1. The van der Waals surface area contributed by atoms with Crippen molar-refractivity contribution in [2.24, 2.45) is 0 Å². The molecule has 0 unspecified atom stereocenters. The molecule has 0 aliphatic carbocycles. The Morgan fingerprint density at radius 1 is 1.39 bits per heavy atom. The van der Waals surface area contributed by atoms with Crippen molar-refractivity contribution < 1.29 is 13.9 Å². The van der Waals surface area contributed by atoms with Crippen molar-refractivity contribution in [3.63, 3.8) is 0 Å². The quantitative estimate of drug-likeness (QED) is 0.846. The van der Waals surface area contributed by atoms with Gasteiger partial charge >= 0.3 is 0 Å². The van der Waals surface area contributed by atoms with E-state index < -0.39 is 5.82 Å². The summed E-state index contributed by atoms with van der Waals surface area (Å²) in [7, 11) is 0. The smallest absolute Gasteiger partial charge is 0.223 e. The average Bonchev–Trinajstić information content (AvgIpc) is 2.31. The molecule has 1 rings (SSSR count). The second-order valence-corrected chi connectivity index (χ2v) is 4.81. The Kier molecular flexibility index (Phi) is 5.13. The van der Waals surface area contributed by atoms with Gasteiger partial charge < -0.3 is 10.1 Å². The molecule has 1 aromatic carbocycles. The first-order chi connectivity index (χ1) is 8.44. The number of hydrogen-bond donors (Lipinski definition) is 1. The Balaban J connectivity index is 2.34. The van der Waals surface area contributed by atoms with Gasteiger partial charge in [0.1, 0.15) is 0 Å². The topological polar surface area (TPSA) is 38.3 Å². The number of carbonyl (C=O) groups excluding carboxylic acids is 1. The number of hydrogen-bond acceptors (Lipinski definition) is 2. The summed E-state index contributed by atoms with van der Waals surface area (Å²) >= 11 is 0. The molecule has 1 aromatic rings. The highest BCUT2D eigenvalue weighted by molar-refractivity contribution is 5.76. The van der Waals surface area contributed by atoms with Crippen LogP contribution >= 0.6 is 0 Å². The predicted molar refractivity (Wildman–Crippen MR) is 69.0 cm³/mol. The van der Waals surface area contributed by atoms with Crippen molar-refractivity contribution in [3.05, 3.63) is 30.1 Å². The van der Waals surface area contributed by atoms with Crippen LogP contribution in [0.2, 0.25) is 0 Å². The van der Waals surface area contributed by atoms with Crippen LogP contribution < -0.4 is 10.1 Å². The molecule has 0 bridgehead atoms. The molecule has 0 saturated carbocycles. The van der Waals surface area contributed by atoms with E-state index in [1.54, 1.807) is 18.2 Å². The maximum absolute atomic E-state index is 13.2. The summed E-state index contributed by atoms with van der Waals surface area (Å²) in [6.45, 7) is 6.11. The van der Waals surface area contributed by atoms with Gasteiger partial charge in [0.05, 0.1) is 13.0 Å². The van der Waals surface area contributed by atoms with E-state index in [0.717, 1.165) is 6.42 Å². The van der Waals surface area contributed by atoms with Crippen molar-refractivity contribution in [3.8, 4) is 5.75 Å². The van der Waals surface area contributed by atoms with Gasteiger partial charge in [0, 0.05) is 5.54 Å². The van der Waals surface area contributed by atoms with Crippen LogP contribution in [-0.2, 0) is 4.79 Å². The van der Waals surface area contributed by atoms with Gasteiger partial charge in [-0.3, -0.25) is 4.79 Å². The van der Waals surface area contributed by atoms with Crippen LogP contribution in [0.25, 0.3) is 0 Å². The molecule has 0 atom stereocenters. The molecule has 0 heterocycles. The van der Waals surface area contributed by atoms with Gasteiger partial charge in [0.15, 0.2) is 11.6 Å². The van der Waals surface area contributed by atoms with E-state index in [0.29, 0.717) is 0 Å². The van der Waals surface area contributed by atoms with Crippen LogP contribution in [-0.4, -0.2) is 18.1 Å². The van der Waals surface area contributed by atoms with Gasteiger partial charge in [-0.05, 0) is 32.4 Å². The highest BCUT2D eigenvalue weighted by Crippen LogP contribution is 2.15. The van der Waals surface area contributed by atoms with Crippen LogP contribution in [0, 0.1) is 5.82 Å². The lowest BCUT2D eigenvalue weighted by Crippen LogP contribution is -2.43. The Bertz CT molecular complexity index is 405. The molecule has 18 heavy (non-hydrogen) atoms. The molecule has 0 saturated heterocycles. The predicted octanol–water partition coefficient (Wildman–Crippen LogP) is 2.90. The van der Waals surface area contributed by atoms with E-state index in [1.165, 1.54) is 6.07 Å². The monoisotopic (exact) mass is 253 g/mol. The lowest BCUT2D eigenvalue weighted by atomic mass is 10.0. The maximum Gasteiger partial charge on any atom is 0.223 e. The third-order valence-electron chi connectivity index (χ3n) is 2.79. The molecule has 0 aromatic heterocycles. The molecule has 0 fully saturated rings. The Morgan fingerprint density at radius 2 is 2.06 bits per heavy atom.